The molecule has 2 aliphatic heterocycles. The standard InChI is InChI=1S/C21H29N3O4/c25-19(22-17-8-11-24(12-9-17)18-6-7-18)21(10-13-27-15-21)23-20(26)28-14-16-4-2-1-3-5-16/h1-5,17-18H,6-15H2,(H,22,25)(H,23,26). The quantitative estimate of drug-likeness (QED) is 0.778. The maximum atomic E-state index is 13.0. The van der Waals surface area contributed by atoms with Gasteiger partial charge in [0.2, 0.25) is 5.91 Å². The summed E-state index contributed by atoms with van der Waals surface area (Å²) in [6.07, 6.45) is 4.40. The summed E-state index contributed by atoms with van der Waals surface area (Å²) >= 11 is 0. The number of hydrogen-bond acceptors (Lipinski definition) is 5. The number of amides is 2. The topological polar surface area (TPSA) is 79.9 Å². The van der Waals surface area contributed by atoms with Crippen molar-refractivity contribution in [2.75, 3.05) is 26.3 Å². The molecule has 1 saturated carbocycles. The van der Waals surface area contributed by atoms with E-state index in [1.165, 1.54) is 12.8 Å². The highest BCUT2D eigenvalue weighted by atomic mass is 16.5. The molecule has 28 heavy (non-hydrogen) atoms. The van der Waals surface area contributed by atoms with E-state index < -0.39 is 11.6 Å². The summed E-state index contributed by atoms with van der Waals surface area (Å²) in [7, 11) is 0. The maximum absolute atomic E-state index is 13.0. The molecule has 1 atom stereocenters. The van der Waals surface area contributed by atoms with E-state index in [0.29, 0.717) is 13.0 Å². The van der Waals surface area contributed by atoms with Gasteiger partial charge in [-0.15, -0.1) is 0 Å². The molecule has 7 nitrogen and oxygen atoms in total. The van der Waals surface area contributed by atoms with Gasteiger partial charge in [0.15, 0.2) is 0 Å². The van der Waals surface area contributed by atoms with Crippen molar-refractivity contribution in [3.63, 3.8) is 0 Å². The van der Waals surface area contributed by atoms with E-state index in [9.17, 15) is 9.59 Å². The van der Waals surface area contributed by atoms with Gasteiger partial charge in [-0.3, -0.25) is 4.79 Å². The van der Waals surface area contributed by atoms with Crippen LogP contribution in [0.4, 0.5) is 4.79 Å². The highest BCUT2D eigenvalue weighted by molar-refractivity contribution is 5.90. The molecule has 1 aromatic rings. The van der Waals surface area contributed by atoms with Gasteiger partial charge in [0.1, 0.15) is 12.1 Å². The van der Waals surface area contributed by atoms with Gasteiger partial charge in [0.05, 0.1) is 6.61 Å². The van der Waals surface area contributed by atoms with E-state index in [0.717, 1.165) is 37.5 Å². The molecule has 1 aliphatic carbocycles. The number of benzene rings is 1. The molecule has 0 radical (unpaired) electrons. The molecular weight excluding hydrogens is 358 g/mol. The lowest BCUT2D eigenvalue weighted by Crippen LogP contribution is -2.61. The van der Waals surface area contributed by atoms with Crippen LogP contribution < -0.4 is 10.6 Å². The van der Waals surface area contributed by atoms with E-state index in [1.54, 1.807) is 0 Å². The highest BCUT2D eigenvalue weighted by Crippen LogP contribution is 2.29. The predicted octanol–water partition coefficient (Wildman–Crippen LogP) is 1.81. The summed E-state index contributed by atoms with van der Waals surface area (Å²) in [6.45, 7) is 2.87. The van der Waals surface area contributed by atoms with Crippen molar-refractivity contribution < 1.29 is 19.1 Å². The molecule has 3 fully saturated rings. The van der Waals surface area contributed by atoms with Gasteiger partial charge in [-0.25, -0.2) is 4.79 Å². The van der Waals surface area contributed by atoms with E-state index in [4.69, 9.17) is 9.47 Å². The van der Waals surface area contributed by atoms with Gasteiger partial charge in [-0.05, 0) is 31.2 Å². The van der Waals surface area contributed by atoms with Gasteiger partial charge >= 0.3 is 6.09 Å². The van der Waals surface area contributed by atoms with Crippen molar-refractivity contribution in [1.29, 1.82) is 0 Å². The van der Waals surface area contributed by atoms with Crippen molar-refractivity contribution in [3.8, 4) is 0 Å². The van der Waals surface area contributed by atoms with Gasteiger partial charge in [-0.2, -0.15) is 0 Å². The van der Waals surface area contributed by atoms with Gasteiger partial charge in [-0.1, -0.05) is 30.3 Å². The van der Waals surface area contributed by atoms with Crippen molar-refractivity contribution >= 4 is 12.0 Å². The number of piperidine rings is 1. The average Bonchev–Trinajstić information content (AvgIpc) is 3.46. The lowest BCUT2D eigenvalue weighted by molar-refractivity contribution is -0.128. The molecule has 3 aliphatic rings. The number of carbonyl (C=O) groups excluding carboxylic acids is 2. The Morgan fingerprint density at radius 1 is 1.14 bits per heavy atom. The lowest BCUT2D eigenvalue weighted by atomic mass is 9.95. The van der Waals surface area contributed by atoms with E-state index in [1.807, 2.05) is 30.3 Å². The molecule has 2 amide bonds. The first-order chi connectivity index (χ1) is 13.6. The van der Waals surface area contributed by atoms with Gasteiger partial charge < -0.3 is 25.0 Å². The van der Waals surface area contributed by atoms with Crippen LogP contribution in [0, 0.1) is 0 Å². The van der Waals surface area contributed by atoms with Crippen molar-refractivity contribution in [2.24, 2.45) is 0 Å². The summed E-state index contributed by atoms with van der Waals surface area (Å²) in [5, 5.41) is 5.93. The summed E-state index contributed by atoms with van der Waals surface area (Å²) in [4.78, 5) is 27.8. The SMILES string of the molecule is O=C(NC1(C(=O)NC2CCN(C3CC3)CC2)CCOC1)OCc1ccccc1. The van der Waals surface area contributed by atoms with E-state index in [-0.39, 0.29) is 25.2 Å². The molecule has 152 valence electrons. The van der Waals surface area contributed by atoms with E-state index >= 15 is 0 Å². The van der Waals surface area contributed by atoms with Crippen LogP contribution in [0.25, 0.3) is 0 Å². The lowest BCUT2D eigenvalue weighted by Gasteiger charge is -2.35. The van der Waals surface area contributed by atoms with Gasteiger partial charge in [0.25, 0.3) is 0 Å². The molecule has 0 bridgehead atoms. The number of nitrogens with zero attached hydrogens (tertiary/aromatic N) is 1. The van der Waals surface area contributed by atoms with Crippen LogP contribution in [-0.4, -0.2) is 60.8 Å². The fraction of sp³-hybridized carbons (Fsp3) is 0.619. The predicted molar refractivity (Wildman–Crippen MR) is 104 cm³/mol. The number of carbonyl (C=O) groups is 2. The number of likely N-dealkylation sites (tertiary alicyclic amines) is 1. The zero-order valence-electron chi connectivity index (χ0n) is 16.2. The first-order valence-electron chi connectivity index (χ1n) is 10.3. The van der Waals surface area contributed by atoms with Crippen LogP contribution in [-0.2, 0) is 20.9 Å². The number of nitrogens with one attached hydrogen (secondary N) is 2. The molecule has 7 heteroatoms. The molecule has 1 unspecified atom stereocenters. The Hall–Kier alpha value is -2.12. The Bertz CT molecular complexity index is 678. The molecule has 4 rings (SSSR count). The largest absolute Gasteiger partial charge is 0.445 e. The van der Waals surface area contributed by atoms with Gasteiger partial charge in [0, 0.05) is 38.2 Å². The first-order valence-corrected chi connectivity index (χ1v) is 10.3. The number of rotatable bonds is 6. The Balaban J connectivity index is 1.29. The Morgan fingerprint density at radius 2 is 1.89 bits per heavy atom. The molecule has 1 aromatic carbocycles. The smallest absolute Gasteiger partial charge is 0.408 e. The normalized spacial score (nSPS) is 26.0. The van der Waals surface area contributed by atoms with Crippen molar-refractivity contribution in [2.45, 2.75) is 56.3 Å². The number of ether oxygens (including phenoxy) is 2. The van der Waals surface area contributed by atoms with Crippen LogP contribution in [0.3, 0.4) is 0 Å². The number of alkyl carbamates (subject to hydrolysis) is 1. The molecule has 0 spiro atoms. The Labute approximate surface area is 165 Å². The zero-order valence-corrected chi connectivity index (χ0v) is 16.2. The minimum Gasteiger partial charge on any atom is -0.445 e. The second-order valence-corrected chi connectivity index (χ2v) is 8.09. The average molecular weight is 387 g/mol. The monoisotopic (exact) mass is 387 g/mol. The second-order valence-electron chi connectivity index (χ2n) is 8.09. The zero-order chi connectivity index (χ0) is 19.4. The minimum atomic E-state index is -1.04. The third-order valence-corrected chi connectivity index (χ3v) is 5.94. The Morgan fingerprint density at radius 3 is 2.54 bits per heavy atom. The molecule has 2 N–H and O–H groups in total. The van der Waals surface area contributed by atoms with Crippen LogP contribution in [0.1, 0.15) is 37.7 Å². The summed E-state index contributed by atoms with van der Waals surface area (Å²) < 4.78 is 10.8. The summed E-state index contributed by atoms with van der Waals surface area (Å²) in [5.41, 5.74) is -0.136. The highest BCUT2D eigenvalue weighted by Gasteiger charge is 2.45. The third kappa shape index (κ3) is 4.64. The molecule has 2 saturated heterocycles. The van der Waals surface area contributed by atoms with Crippen molar-refractivity contribution in [1.82, 2.24) is 15.5 Å². The van der Waals surface area contributed by atoms with Crippen molar-refractivity contribution in [3.05, 3.63) is 35.9 Å². The first kappa shape index (κ1) is 19.2. The molecule has 0 aromatic heterocycles. The third-order valence-electron chi connectivity index (χ3n) is 5.94. The van der Waals surface area contributed by atoms with Crippen LogP contribution in [0.5, 0.6) is 0 Å². The fourth-order valence-electron chi connectivity index (χ4n) is 4.03. The van der Waals surface area contributed by atoms with E-state index in [2.05, 4.69) is 15.5 Å². The Kier molecular flexibility index (Phi) is 5.82. The fourth-order valence-corrected chi connectivity index (χ4v) is 4.03. The second kappa shape index (κ2) is 8.49. The summed E-state index contributed by atoms with van der Waals surface area (Å²) in [5.74, 6) is -0.161. The molecular formula is C21H29N3O4. The number of hydrogen-bond donors (Lipinski definition) is 2. The summed E-state index contributed by atoms with van der Waals surface area (Å²) in [6, 6.07) is 10.4. The van der Waals surface area contributed by atoms with Crippen LogP contribution >= 0.6 is 0 Å². The maximum Gasteiger partial charge on any atom is 0.408 e. The minimum absolute atomic E-state index is 0.155. The van der Waals surface area contributed by atoms with Crippen LogP contribution in [0.15, 0.2) is 30.3 Å². The molecule has 2 heterocycles. The van der Waals surface area contributed by atoms with Crippen LogP contribution in [0.2, 0.25) is 0 Å².